The first-order valence-electron chi connectivity index (χ1n) is 7.93. The molecule has 1 unspecified atom stereocenters. The molecule has 0 aromatic heterocycles. The summed E-state index contributed by atoms with van der Waals surface area (Å²) in [6.07, 6.45) is 7.80. The summed E-state index contributed by atoms with van der Waals surface area (Å²) >= 11 is 0. The van der Waals surface area contributed by atoms with Crippen LogP contribution in [0.15, 0.2) is 0 Å². The topological polar surface area (TPSA) is 58.4 Å². The Labute approximate surface area is 117 Å². The second-order valence-electron chi connectivity index (χ2n) is 6.25. The van der Waals surface area contributed by atoms with Crippen LogP contribution < -0.4 is 11.1 Å². The molecule has 0 aromatic carbocycles. The summed E-state index contributed by atoms with van der Waals surface area (Å²) in [5, 5.41) is 3.28. The molecule has 110 valence electrons. The Morgan fingerprint density at radius 3 is 2.68 bits per heavy atom. The van der Waals surface area contributed by atoms with Gasteiger partial charge in [-0.05, 0) is 38.8 Å². The van der Waals surface area contributed by atoms with Crippen molar-refractivity contribution in [2.45, 2.75) is 57.9 Å². The first kappa shape index (κ1) is 14.8. The molecule has 0 aromatic rings. The zero-order chi connectivity index (χ0) is 13.7. The van der Waals surface area contributed by atoms with Crippen LogP contribution in [-0.2, 0) is 4.79 Å². The smallest absolute Gasteiger partial charge is 0.227 e. The lowest BCUT2D eigenvalue weighted by Crippen LogP contribution is -2.54. The molecular formula is C15H29N3O. The van der Waals surface area contributed by atoms with Gasteiger partial charge in [0.15, 0.2) is 0 Å². The van der Waals surface area contributed by atoms with E-state index in [2.05, 4.69) is 17.1 Å². The molecule has 1 saturated carbocycles. The number of hydrogen-bond acceptors (Lipinski definition) is 3. The average molecular weight is 267 g/mol. The van der Waals surface area contributed by atoms with Gasteiger partial charge in [0.25, 0.3) is 0 Å². The van der Waals surface area contributed by atoms with E-state index in [1.54, 1.807) is 0 Å². The molecule has 4 heteroatoms. The second kappa shape index (κ2) is 6.71. The third-order valence-corrected chi connectivity index (χ3v) is 4.97. The number of nitrogens with one attached hydrogen (secondary N) is 1. The van der Waals surface area contributed by atoms with Gasteiger partial charge in [0.2, 0.25) is 5.91 Å². The molecule has 2 fully saturated rings. The molecule has 0 radical (unpaired) electrons. The number of likely N-dealkylation sites (tertiary alicyclic amines) is 1. The highest BCUT2D eigenvalue weighted by Crippen LogP contribution is 2.35. The fourth-order valence-electron chi connectivity index (χ4n) is 3.55. The minimum atomic E-state index is -0.271. The van der Waals surface area contributed by atoms with Gasteiger partial charge in [0, 0.05) is 19.1 Å². The van der Waals surface area contributed by atoms with Crippen LogP contribution in [0.5, 0.6) is 0 Å². The lowest BCUT2D eigenvalue weighted by molar-refractivity contribution is -0.133. The molecule has 0 spiro atoms. The Kier molecular flexibility index (Phi) is 5.22. The third kappa shape index (κ3) is 3.48. The number of amides is 1. The van der Waals surface area contributed by atoms with Gasteiger partial charge in [-0.2, -0.15) is 0 Å². The predicted octanol–water partition coefficient (Wildman–Crippen LogP) is 1.50. The number of rotatable bonds is 4. The summed E-state index contributed by atoms with van der Waals surface area (Å²) in [5.74, 6) is 0.220. The first-order valence-corrected chi connectivity index (χ1v) is 7.93. The summed E-state index contributed by atoms with van der Waals surface area (Å²) in [5.41, 5.74) is 5.66. The van der Waals surface area contributed by atoms with Gasteiger partial charge in [-0.1, -0.05) is 26.2 Å². The van der Waals surface area contributed by atoms with Gasteiger partial charge >= 0.3 is 0 Å². The standard InChI is InChI=1S/C15H29N3O/c1-2-18-10-6-7-13(11-18)17-14(19)15(12-16)8-4-3-5-9-15/h13H,2-12,16H2,1H3,(H,17,19). The van der Waals surface area contributed by atoms with E-state index in [1.807, 2.05) is 0 Å². The number of hydrogen-bond donors (Lipinski definition) is 2. The molecular weight excluding hydrogens is 238 g/mol. The Bertz CT molecular complexity index is 300. The lowest BCUT2D eigenvalue weighted by atomic mass is 9.73. The molecule has 1 amide bonds. The molecule has 2 rings (SSSR count). The highest BCUT2D eigenvalue weighted by molar-refractivity contribution is 5.83. The zero-order valence-corrected chi connectivity index (χ0v) is 12.3. The first-order chi connectivity index (χ1) is 9.20. The molecule has 19 heavy (non-hydrogen) atoms. The average Bonchev–Trinajstić information content (AvgIpc) is 2.48. The van der Waals surface area contributed by atoms with E-state index >= 15 is 0 Å². The zero-order valence-electron chi connectivity index (χ0n) is 12.3. The summed E-state index contributed by atoms with van der Waals surface area (Å²) in [4.78, 5) is 15.0. The van der Waals surface area contributed by atoms with Gasteiger partial charge in [0.05, 0.1) is 5.41 Å². The van der Waals surface area contributed by atoms with Crippen LogP contribution in [-0.4, -0.2) is 43.0 Å². The van der Waals surface area contributed by atoms with Gasteiger partial charge in [-0.25, -0.2) is 0 Å². The van der Waals surface area contributed by atoms with Crippen LogP contribution in [0.4, 0.5) is 0 Å². The van der Waals surface area contributed by atoms with Crippen molar-refractivity contribution < 1.29 is 4.79 Å². The maximum absolute atomic E-state index is 12.6. The number of carbonyl (C=O) groups is 1. The number of carbonyl (C=O) groups excluding carboxylic acids is 1. The van der Waals surface area contributed by atoms with Gasteiger partial charge < -0.3 is 16.0 Å². The molecule has 1 atom stereocenters. The van der Waals surface area contributed by atoms with Crippen molar-refractivity contribution in [3.05, 3.63) is 0 Å². The highest BCUT2D eigenvalue weighted by atomic mass is 16.2. The SMILES string of the molecule is CCN1CCCC(NC(=O)C2(CN)CCCCC2)C1. The Balaban J connectivity index is 1.91. The van der Waals surface area contributed by atoms with Gasteiger partial charge in [-0.15, -0.1) is 0 Å². The third-order valence-electron chi connectivity index (χ3n) is 4.97. The number of nitrogens with two attached hydrogens (primary N) is 1. The lowest BCUT2D eigenvalue weighted by Gasteiger charge is -2.38. The van der Waals surface area contributed by atoms with E-state index in [-0.39, 0.29) is 11.3 Å². The molecule has 0 bridgehead atoms. The van der Waals surface area contributed by atoms with E-state index in [1.165, 1.54) is 19.4 Å². The maximum Gasteiger partial charge on any atom is 0.227 e. The quantitative estimate of drug-likeness (QED) is 0.811. The van der Waals surface area contributed by atoms with Crippen LogP contribution in [0.1, 0.15) is 51.9 Å². The maximum atomic E-state index is 12.6. The largest absolute Gasteiger partial charge is 0.352 e. The van der Waals surface area contributed by atoms with Crippen LogP contribution in [0, 0.1) is 5.41 Å². The minimum Gasteiger partial charge on any atom is -0.352 e. The van der Waals surface area contributed by atoms with Crippen molar-refractivity contribution in [3.63, 3.8) is 0 Å². The second-order valence-corrected chi connectivity index (χ2v) is 6.25. The van der Waals surface area contributed by atoms with Crippen LogP contribution in [0.2, 0.25) is 0 Å². The van der Waals surface area contributed by atoms with Crippen LogP contribution in [0.25, 0.3) is 0 Å². The Morgan fingerprint density at radius 1 is 1.32 bits per heavy atom. The predicted molar refractivity (Wildman–Crippen MR) is 77.9 cm³/mol. The van der Waals surface area contributed by atoms with Crippen LogP contribution >= 0.6 is 0 Å². The fraction of sp³-hybridized carbons (Fsp3) is 0.933. The van der Waals surface area contributed by atoms with Crippen molar-refractivity contribution in [1.29, 1.82) is 0 Å². The number of likely N-dealkylation sites (N-methyl/N-ethyl adjacent to an activating group) is 1. The molecule has 3 N–H and O–H groups in total. The van der Waals surface area contributed by atoms with Crippen molar-refractivity contribution in [2.24, 2.45) is 11.1 Å². The molecule has 1 aliphatic heterocycles. The molecule has 1 aliphatic carbocycles. The number of nitrogens with zero attached hydrogens (tertiary/aromatic N) is 1. The van der Waals surface area contributed by atoms with Gasteiger partial charge in [-0.3, -0.25) is 4.79 Å². The normalized spacial score (nSPS) is 28.0. The van der Waals surface area contributed by atoms with Crippen LogP contribution in [0.3, 0.4) is 0 Å². The van der Waals surface area contributed by atoms with E-state index in [0.29, 0.717) is 12.6 Å². The summed E-state index contributed by atoms with van der Waals surface area (Å²) in [7, 11) is 0. The monoisotopic (exact) mass is 267 g/mol. The minimum absolute atomic E-state index is 0.220. The fourth-order valence-corrected chi connectivity index (χ4v) is 3.55. The highest BCUT2D eigenvalue weighted by Gasteiger charge is 2.39. The van der Waals surface area contributed by atoms with Crippen molar-refractivity contribution >= 4 is 5.91 Å². The molecule has 4 nitrogen and oxygen atoms in total. The molecule has 1 saturated heterocycles. The van der Waals surface area contributed by atoms with E-state index in [0.717, 1.165) is 45.2 Å². The summed E-state index contributed by atoms with van der Waals surface area (Å²) in [6.45, 7) is 5.94. The molecule has 2 aliphatic rings. The van der Waals surface area contributed by atoms with E-state index < -0.39 is 0 Å². The van der Waals surface area contributed by atoms with Crippen molar-refractivity contribution in [2.75, 3.05) is 26.2 Å². The Morgan fingerprint density at radius 2 is 2.05 bits per heavy atom. The van der Waals surface area contributed by atoms with Gasteiger partial charge in [0.1, 0.15) is 0 Å². The Hall–Kier alpha value is -0.610. The summed E-state index contributed by atoms with van der Waals surface area (Å²) < 4.78 is 0. The van der Waals surface area contributed by atoms with E-state index in [4.69, 9.17) is 5.73 Å². The number of piperidine rings is 1. The molecule has 1 heterocycles. The van der Waals surface area contributed by atoms with E-state index in [9.17, 15) is 4.79 Å². The van der Waals surface area contributed by atoms with Crippen molar-refractivity contribution in [3.8, 4) is 0 Å². The van der Waals surface area contributed by atoms with Crippen molar-refractivity contribution in [1.82, 2.24) is 10.2 Å². The summed E-state index contributed by atoms with van der Waals surface area (Å²) in [6, 6.07) is 0.326.